The highest BCUT2D eigenvalue weighted by atomic mass is 32.1. The van der Waals surface area contributed by atoms with E-state index in [1.54, 1.807) is 18.2 Å². The maximum Gasteiger partial charge on any atom is 0.318 e. The second-order valence-electron chi connectivity index (χ2n) is 5.35. The molecule has 0 saturated heterocycles. The Bertz CT molecular complexity index is 547. The number of amides is 3. The number of nitrogens with one attached hydrogen (secondary N) is 1. The van der Waals surface area contributed by atoms with Crippen molar-refractivity contribution in [1.82, 2.24) is 15.2 Å². The molecule has 0 fully saturated rings. The van der Waals surface area contributed by atoms with E-state index in [4.69, 9.17) is 10.5 Å². The van der Waals surface area contributed by atoms with Crippen LogP contribution in [0.3, 0.4) is 0 Å². The number of methoxy groups -OCH3 is 1. The molecule has 0 aromatic carbocycles. The molecule has 3 amide bonds. The van der Waals surface area contributed by atoms with E-state index in [9.17, 15) is 9.59 Å². The summed E-state index contributed by atoms with van der Waals surface area (Å²) < 4.78 is 5.07. The smallest absolute Gasteiger partial charge is 0.318 e. The zero-order valence-corrected chi connectivity index (χ0v) is 13.9. The van der Waals surface area contributed by atoms with Crippen LogP contribution >= 0.6 is 11.3 Å². The summed E-state index contributed by atoms with van der Waals surface area (Å²) in [6, 6.07) is -0.505. The lowest BCUT2D eigenvalue weighted by molar-refractivity contribution is -0.122. The van der Waals surface area contributed by atoms with E-state index in [0.717, 1.165) is 5.01 Å². The van der Waals surface area contributed by atoms with Crippen LogP contribution < -0.4 is 11.1 Å². The van der Waals surface area contributed by atoms with E-state index >= 15 is 0 Å². The maximum absolute atomic E-state index is 12.6. The van der Waals surface area contributed by atoms with Crippen molar-refractivity contribution in [3.63, 3.8) is 0 Å². The van der Waals surface area contributed by atoms with E-state index < -0.39 is 0 Å². The Morgan fingerprint density at radius 3 is 2.91 bits per heavy atom. The summed E-state index contributed by atoms with van der Waals surface area (Å²) >= 11 is 1.49. The predicted octanol–water partition coefficient (Wildman–Crippen LogP) is 1.12. The molecule has 0 aliphatic heterocycles. The number of thiazole rings is 1. The third-order valence-electron chi connectivity index (χ3n) is 3.77. The van der Waals surface area contributed by atoms with Gasteiger partial charge in [0.2, 0.25) is 5.91 Å². The monoisotopic (exact) mass is 338 g/mol. The zero-order chi connectivity index (χ0) is 16.7. The number of nitrogens with zero attached hydrogens (tertiary/aromatic N) is 2. The molecule has 3 N–H and O–H groups in total. The van der Waals surface area contributed by atoms with Gasteiger partial charge < -0.3 is 20.7 Å². The molecule has 0 radical (unpaired) electrons. The second-order valence-corrected chi connectivity index (χ2v) is 6.33. The first-order chi connectivity index (χ1) is 11.1. The fraction of sp³-hybridized carbons (Fsp3) is 0.533. The molecule has 1 aliphatic rings. The lowest BCUT2D eigenvalue weighted by Gasteiger charge is -2.30. The van der Waals surface area contributed by atoms with Crippen LogP contribution in [-0.4, -0.2) is 48.1 Å². The highest BCUT2D eigenvalue weighted by Gasteiger charge is 2.29. The summed E-state index contributed by atoms with van der Waals surface area (Å²) in [4.78, 5) is 30.0. The largest absolute Gasteiger partial charge is 0.383 e. The minimum atomic E-state index is -0.386. The molecule has 1 aliphatic carbocycles. The first-order valence-corrected chi connectivity index (χ1v) is 8.37. The van der Waals surface area contributed by atoms with Crippen molar-refractivity contribution in [2.24, 2.45) is 11.7 Å². The Balaban J connectivity index is 2.01. The van der Waals surface area contributed by atoms with Gasteiger partial charge in [-0.2, -0.15) is 0 Å². The van der Waals surface area contributed by atoms with Crippen molar-refractivity contribution in [3.05, 3.63) is 28.7 Å². The highest BCUT2D eigenvalue weighted by molar-refractivity contribution is 7.09. The first kappa shape index (κ1) is 17.4. The number of carbonyl (C=O) groups excluding carboxylic acids is 2. The number of hydrogen-bond acceptors (Lipinski definition) is 5. The van der Waals surface area contributed by atoms with Gasteiger partial charge in [0.25, 0.3) is 0 Å². The van der Waals surface area contributed by atoms with Gasteiger partial charge in [-0.05, 0) is 12.8 Å². The number of ether oxygens (including phenoxy) is 1. The summed E-state index contributed by atoms with van der Waals surface area (Å²) in [6.07, 6.45) is 6.77. The van der Waals surface area contributed by atoms with Crippen LogP contribution in [0.25, 0.3) is 0 Å². The van der Waals surface area contributed by atoms with E-state index in [-0.39, 0.29) is 23.9 Å². The van der Waals surface area contributed by atoms with Gasteiger partial charge >= 0.3 is 6.03 Å². The van der Waals surface area contributed by atoms with Gasteiger partial charge in [0.1, 0.15) is 5.01 Å². The molecule has 1 aromatic rings. The standard InChI is InChI=1S/C15H22N4O3S/c1-22-8-7-19(10-13-17-6-9-23-13)15(21)18-12-5-3-2-4-11(12)14(16)20/h2-3,6,9,11-12H,4-5,7-8,10H2,1H3,(H2,16,20)(H,18,21)/t11-,12-/m1/s1. The molecule has 0 saturated carbocycles. The van der Waals surface area contributed by atoms with Gasteiger partial charge in [0.15, 0.2) is 0 Å². The summed E-state index contributed by atoms with van der Waals surface area (Å²) in [5.41, 5.74) is 5.43. The Hall–Kier alpha value is -1.93. The number of allylic oxidation sites excluding steroid dienone is 1. The molecule has 0 spiro atoms. The molecule has 8 heteroatoms. The molecule has 1 aromatic heterocycles. The number of carbonyl (C=O) groups is 2. The molecule has 1 heterocycles. The summed E-state index contributed by atoms with van der Waals surface area (Å²) in [7, 11) is 1.59. The number of urea groups is 1. The fourth-order valence-electron chi connectivity index (χ4n) is 2.49. The van der Waals surface area contributed by atoms with Crippen molar-refractivity contribution in [3.8, 4) is 0 Å². The lowest BCUT2D eigenvalue weighted by Crippen LogP contribution is -2.51. The fourth-order valence-corrected chi connectivity index (χ4v) is 3.12. The maximum atomic E-state index is 12.6. The number of hydrogen-bond donors (Lipinski definition) is 2. The molecule has 2 rings (SSSR count). The van der Waals surface area contributed by atoms with Gasteiger partial charge in [-0.3, -0.25) is 4.79 Å². The van der Waals surface area contributed by atoms with Crippen molar-refractivity contribution in [1.29, 1.82) is 0 Å². The molecule has 2 atom stereocenters. The van der Waals surface area contributed by atoms with Crippen LogP contribution in [0, 0.1) is 5.92 Å². The SMILES string of the molecule is COCCN(Cc1nccs1)C(=O)N[C@@H]1CC=CC[C@H]1C(N)=O. The van der Waals surface area contributed by atoms with E-state index in [1.165, 1.54) is 11.3 Å². The molecule has 0 bridgehead atoms. The number of primary amides is 1. The average molecular weight is 338 g/mol. The van der Waals surface area contributed by atoms with Gasteiger partial charge in [0, 0.05) is 31.3 Å². The topological polar surface area (TPSA) is 97.6 Å². The van der Waals surface area contributed by atoms with Crippen LogP contribution in [0.4, 0.5) is 4.79 Å². The van der Waals surface area contributed by atoms with Gasteiger partial charge in [-0.15, -0.1) is 11.3 Å². The highest BCUT2D eigenvalue weighted by Crippen LogP contribution is 2.19. The molecule has 0 unspecified atom stereocenters. The third kappa shape index (κ3) is 5.04. The minimum Gasteiger partial charge on any atom is -0.383 e. The third-order valence-corrected chi connectivity index (χ3v) is 4.53. The van der Waals surface area contributed by atoms with Gasteiger partial charge in [-0.25, -0.2) is 9.78 Å². The predicted molar refractivity (Wildman–Crippen MR) is 87.8 cm³/mol. The van der Waals surface area contributed by atoms with Crippen molar-refractivity contribution < 1.29 is 14.3 Å². The summed E-state index contributed by atoms with van der Waals surface area (Å²) in [5, 5.41) is 5.65. The minimum absolute atomic E-state index is 0.233. The van der Waals surface area contributed by atoms with Crippen molar-refractivity contribution >= 4 is 23.3 Å². The zero-order valence-electron chi connectivity index (χ0n) is 13.1. The molecular formula is C15H22N4O3S. The Morgan fingerprint density at radius 2 is 2.26 bits per heavy atom. The van der Waals surface area contributed by atoms with Crippen LogP contribution in [0.15, 0.2) is 23.7 Å². The van der Waals surface area contributed by atoms with Gasteiger partial charge in [-0.1, -0.05) is 12.2 Å². The summed E-state index contributed by atoms with van der Waals surface area (Å²) in [6.45, 7) is 1.30. The second kappa shape index (κ2) is 8.64. The van der Waals surface area contributed by atoms with Crippen LogP contribution in [-0.2, 0) is 16.1 Å². The van der Waals surface area contributed by atoms with Crippen LogP contribution in [0.5, 0.6) is 0 Å². The first-order valence-electron chi connectivity index (χ1n) is 7.49. The van der Waals surface area contributed by atoms with Gasteiger partial charge in [0.05, 0.1) is 19.1 Å². The van der Waals surface area contributed by atoms with Crippen molar-refractivity contribution in [2.75, 3.05) is 20.3 Å². The quantitative estimate of drug-likeness (QED) is 0.728. The normalized spacial score (nSPS) is 20.2. The number of rotatable bonds is 7. The Labute approximate surface area is 139 Å². The lowest BCUT2D eigenvalue weighted by atomic mass is 9.88. The van der Waals surface area contributed by atoms with Crippen molar-refractivity contribution in [2.45, 2.75) is 25.4 Å². The van der Waals surface area contributed by atoms with Crippen LogP contribution in [0.2, 0.25) is 0 Å². The number of aromatic nitrogens is 1. The molecule has 23 heavy (non-hydrogen) atoms. The van der Waals surface area contributed by atoms with E-state index in [1.807, 2.05) is 17.5 Å². The van der Waals surface area contributed by atoms with E-state index in [0.29, 0.717) is 32.5 Å². The Morgan fingerprint density at radius 1 is 1.48 bits per heavy atom. The molecular weight excluding hydrogens is 316 g/mol. The molecule has 7 nitrogen and oxygen atoms in total. The summed E-state index contributed by atoms with van der Waals surface area (Å²) in [5.74, 6) is -0.754. The van der Waals surface area contributed by atoms with Crippen LogP contribution in [0.1, 0.15) is 17.8 Å². The average Bonchev–Trinajstić information content (AvgIpc) is 3.04. The molecule has 126 valence electrons. The number of nitrogens with two attached hydrogens (primary N) is 1. The Kier molecular flexibility index (Phi) is 6.54. The van der Waals surface area contributed by atoms with E-state index in [2.05, 4.69) is 10.3 Å².